The summed E-state index contributed by atoms with van der Waals surface area (Å²) in [7, 11) is -3.68. The van der Waals surface area contributed by atoms with E-state index in [0.29, 0.717) is 6.54 Å². The van der Waals surface area contributed by atoms with Crippen LogP contribution in [0.4, 0.5) is 10.1 Å². The van der Waals surface area contributed by atoms with E-state index in [1.165, 1.54) is 17.3 Å². The Kier molecular flexibility index (Phi) is 4.70. The maximum Gasteiger partial charge on any atom is 0.243 e. The molecule has 6 heteroatoms. The minimum Gasteiger partial charge on any atom is -0.396 e. The molecule has 0 aromatic heterocycles. The fraction of sp³-hybridized carbons (Fsp3) is 0.385. The predicted molar refractivity (Wildman–Crippen MR) is 74.8 cm³/mol. The second kappa shape index (κ2) is 5.71. The van der Waals surface area contributed by atoms with Gasteiger partial charge in [-0.3, -0.25) is 0 Å². The van der Waals surface area contributed by atoms with E-state index < -0.39 is 15.8 Å². The van der Waals surface area contributed by atoms with E-state index in [4.69, 9.17) is 5.73 Å². The molecule has 0 aliphatic carbocycles. The highest BCUT2D eigenvalue weighted by molar-refractivity contribution is 7.89. The number of nitrogen functional groups attached to an aromatic ring is 1. The zero-order valence-electron chi connectivity index (χ0n) is 11.4. The zero-order valence-corrected chi connectivity index (χ0v) is 12.2. The van der Waals surface area contributed by atoms with E-state index in [2.05, 4.69) is 6.58 Å². The maximum absolute atomic E-state index is 13.4. The number of anilines is 1. The Morgan fingerprint density at radius 3 is 2.47 bits per heavy atom. The van der Waals surface area contributed by atoms with Gasteiger partial charge in [0, 0.05) is 13.1 Å². The fourth-order valence-electron chi connectivity index (χ4n) is 1.73. The van der Waals surface area contributed by atoms with Crippen molar-refractivity contribution >= 4 is 15.7 Å². The van der Waals surface area contributed by atoms with Crippen molar-refractivity contribution in [3.8, 4) is 0 Å². The van der Waals surface area contributed by atoms with Crippen LogP contribution in [-0.2, 0) is 10.0 Å². The van der Waals surface area contributed by atoms with Gasteiger partial charge in [-0.25, -0.2) is 12.8 Å². The lowest BCUT2D eigenvalue weighted by Gasteiger charge is -2.21. The standard InChI is InChI=1S/C13H19FN2O2S/c1-5-16(8-9(2)3)19(17,18)11-6-10(4)13(14)12(15)7-11/h6-7H,2,5,8,15H2,1,3-4H3. The second-order valence-corrected chi connectivity index (χ2v) is 6.47. The summed E-state index contributed by atoms with van der Waals surface area (Å²) in [5.41, 5.74) is 6.27. The Balaban J connectivity index is 3.30. The number of nitrogens with two attached hydrogens (primary N) is 1. The van der Waals surface area contributed by atoms with Crippen molar-refractivity contribution in [3.63, 3.8) is 0 Å². The molecule has 0 radical (unpaired) electrons. The van der Waals surface area contributed by atoms with Crippen molar-refractivity contribution in [3.05, 3.63) is 35.7 Å². The number of halogens is 1. The highest BCUT2D eigenvalue weighted by Crippen LogP contribution is 2.23. The molecule has 0 atom stereocenters. The number of hydrogen-bond acceptors (Lipinski definition) is 3. The summed E-state index contributed by atoms with van der Waals surface area (Å²) in [5.74, 6) is -0.582. The van der Waals surface area contributed by atoms with Gasteiger partial charge in [-0.1, -0.05) is 19.1 Å². The van der Waals surface area contributed by atoms with Gasteiger partial charge in [-0.05, 0) is 31.5 Å². The predicted octanol–water partition coefficient (Wildman–Crippen LogP) is 2.30. The molecule has 1 rings (SSSR count). The zero-order chi connectivity index (χ0) is 14.8. The first-order valence-electron chi connectivity index (χ1n) is 5.90. The first-order valence-corrected chi connectivity index (χ1v) is 7.34. The van der Waals surface area contributed by atoms with Crippen LogP contribution in [0.3, 0.4) is 0 Å². The highest BCUT2D eigenvalue weighted by atomic mass is 32.2. The van der Waals surface area contributed by atoms with Crippen molar-refractivity contribution in [2.45, 2.75) is 25.7 Å². The Hall–Kier alpha value is -1.40. The quantitative estimate of drug-likeness (QED) is 0.667. The number of aryl methyl sites for hydroxylation is 1. The van der Waals surface area contributed by atoms with Gasteiger partial charge < -0.3 is 5.73 Å². The van der Waals surface area contributed by atoms with E-state index in [9.17, 15) is 12.8 Å². The molecule has 0 amide bonds. The number of likely N-dealkylation sites (N-methyl/N-ethyl adjacent to an activating group) is 1. The lowest BCUT2D eigenvalue weighted by molar-refractivity contribution is 0.452. The van der Waals surface area contributed by atoms with Crippen molar-refractivity contribution in [2.24, 2.45) is 0 Å². The molecule has 4 nitrogen and oxygen atoms in total. The van der Waals surface area contributed by atoms with Crippen molar-refractivity contribution < 1.29 is 12.8 Å². The van der Waals surface area contributed by atoms with E-state index >= 15 is 0 Å². The number of sulfonamides is 1. The second-order valence-electron chi connectivity index (χ2n) is 4.53. The Morgan fingerprint density at radius 1 is 1.47 bits per heavy atom. The molecule has 0 heterocycles. The van der Waals surface area contributed by atoms with Crippen LogP contribution in [0.1, 0.15) is 19.4 Å². The van der Waals surface area contributed by atoms with Gasteiger partial charge in [-0.15, -0.1) is 0 Å². The van der Waals surface area contributed by atoms with Crippen LogP contribution >= 0.6 is 0 Å². The minimum absolute atomic E-state index is 0.00648. The molecule has 0 unspecified atom stereocenters. The molecule has 0 bridgehead atoms. The molecular weight excluding hydrogens is 267 g/mol. The summed E-state index contributed by atoms with van der Waals surface area (Å²) in [6.45, 7) is 9.23. The van der Waals surface area contributed by atoms with Crippen LogP contribution in [-0.4, -0.2) is 25.8 Å². The molecule has 0 aliphatic rings. The number of hydrogen-bond donors (Lipinski definition) is 1. The molecule has 1 aromatic rings. The third-order valence-electron chi connectivity index (χ3n) is 2.69. The third kappa shape index (κ3) is 3.33. The smallest absolute Gasteiger partial charge is 0.243 e. The summed E-state index contributed by atoms with van der Waals surface area (Å²) < 4.78 is 39.6. The van der Waals surface area contributed by atoms with Crippen LogP contribution in [0.25, 0.3) is 0 Å². The largest absolute Gasteiger partial charge is 0.396 e. The summed E-state index contributed by atoms with van der Waals surface area (Å²) in [6, 6.07) is 2.45. The summed E-state index contributed by atoms with van der Waals surface area (Å²) in [5, 5.41) is 0. The Morgan fingerprint density at radius 2 is 2.05 bits per heavy atom. The molecule has 0 aliphatic heterocycles. The van der Waals surface area contributed by atoms with Gasteiger partial charge >= 0.3 is 0 Å². The Labute approximate surface area is 113 Å². The molecule has 19 heavy (non-hydrogen) atoms. The Bertz CT molecular complexity index is 574. The number of rotatable bonds is 5. The van der Waals surface area contributed by atoms with E-state index in [1.807, 2.05) is 0 Å². The van der Waals surface area contributed by atoms with E-state index in [-0.39, 0.29) is 22.7 Å². The molecule has 1 aromatic carbocycles. The molecule has 0 spiro atoms. The van der Waals surface area contributed by atoms with Gasteiger partial charge in [0.1, 0.15) is 5.82 Å². The van der Waals surface area contributed by atoms with Crippen LogP contribution in [0, 0.1) is 12.7 Å². The minimum atomic E-state index is -3.68. The van der Waals surface area contributed by atoms with E-state index in [0.717, 1.165) is 11.6 Å². The topological polar surface area (TPSA) is 63.4 Å². The molecule has 2 N–H and O–H groups in total. The monoisotopic (exact) mass is 286 g/mol. The van der Waals surface area contributed by atoms with Crippen LogP contribution in [0.15, 0.2) is 29.2 Å². The van der Waals surface area contributed by atoms with Gasteiger partial charge in [0.05, 0.1) is 10.6 Å². The van der Waals surface area contributed by atoms with E-state index in [1.54, 1.807) is 13.8 Å². The maximum atomic E-state index is 13.4. The molecule has 0 fully saturated rings. The SMILES string of the molecule is C=C(C)CN(CC)S(=O)(=O)c1cc(C)c(F)c(N)c1. The van der Waals surface area contributed by atoms with Crippen molar-refractivity contribution in [2.75, 3.05) is 18.8 Å². The lowest BCUT2D eigenvalue weighted by atomic mass is 10.2. The summed E-state index contributed by atoms with van der Waals surface area (Å²) in [6.07, 6.45) is 0. The first kappa shape index (κ1) is 15.7. The number of nitrogens with zero attached hydrogens (tertiary/aromatic N) is 1. The van der Waals surface area contributed by atoms with Gasteiger partial charge in [-0.2, -0.15) is 4.31 Å². The normalized spacial score (nSPS) is 11.8. The average Bonchev–Trinajstić information content (AvgIpc) is 2.31. The first-order chi connectivity index (χ1) is 8.70. The molecule has 106 valence electrons. The lowest BCUT2D eigenvalue weighted by Crippen LogP contribution is -2.32. The van der Waals surface area contributed by atoms with Crippen LogP contribution < -0.4 is 5.73 Å². The van der Waals surface area contributed by atoms with Gasteiger partial charge in [0.25, 0.3) is 0 Å². The van der Waals surface area contributed by atoms with Crippen LogP contribution in [0.5, 0.6) is 0 Å². The van der Waals surface area contributed by atoms with Crippen molar-refractivity contribution in [1.82, 2.24) is 4.31 Å². The van der Waals surface area contributed by atoms with Gasteiger partial charge in [0.2, 0.25) is 10.0 Å². The van der Waals surface area contributed by atoms with Gasteiger partial charge in [0.15, 0.2) is 0 Å². The van der Waals surface area contributed by atoms with Crippen LogP contribution in [0.2, 0.25) is 0 Å². The summed E-state index contributed by atoms with van der Waals surface area (Å²) >= 11 is 0. The summed E-state index contributed by atoms with van der Waals surface area (Å²) in [4.78, 5) is 0.00648. The number of benzene rings is 1. The average molecular weight is 286 g/mol. The molecule has 0 saturated heterocycles. The highest BCUT2D eigenvalue weighted by Gasteiger charge is 2.24. The molecule has 0 saturated carbocycles. The fourth-order valence-corrected chi connectivity index (χ4v) is 3.36. The van der Waals surface area contributed by atoms with Crippen molar-refractivity contribution in [1.29, 1.82) is 0 Å². The third-order valence-corrected chi connectivity index (χ3v) is 4.59. The molecular formula is C13H19FN2O2S.